The van der Waals surface area contributed by atoms with Crippen molar-refractivity contribution in [3.8, 4) is 0 Å². The van der Waals surface area contributed by atoms with Crippen molar-refractivity contribution in [2.75, 3.05) is 5.75 Å². The van der Waals surface area contributed by atoms with E-state index < -0.39 is 22.9 Å². The SMILES string of the molecule is CC(=O)SCCC(O)C(O)c1cc([N+](=O)[O-])ccc1F. The summed E-state index contributed by atoms with van der Waals surface area (Å²) >= 11 is 0.972. The molecule has 6 nitrogen and oxygen atoms in total. The van der Waals surface area contributed by atoms with Gasteiger partial charge in [-0.25, -0.2) is 4.39 Å². The second kappa shape index (κ2) is 7.32. The van der Waals surface area contributed by atoms with E-state index in [-0.39, 0.29) is 28.5 Å². The van der Waals surface area contributed by atoms with Crippen LogP contribution in [0.15, 0.2) is 18.2 Å². The summed E-state index contributed by atoms with van der Waals surface area (Å²) in [6.07, 6.45) is -2.83. The number of nitro benzene ring substituents is 1. The highest BCUT2D eigenvalue weighted by atomic mass is 32.2. The second-order valence-corrected chi connectivity index (χ2v) is 5.38. The van der Waals surface area contributed by atoms with Crippen molar-refractivity contribution in [1.82, 2.24) is 0 Å². The van der Waals surface area contributed by atoms with E-state index in [9.17, 15) is 29.5 Å². The zero-order chi connectivity index (χ0) is 15.3. The highest BCUT2D eigenvalue weighted by Crippen LogP contribution is 2.26. The molecule has 0 aromatic heterocycles. The summed E-state index contributed by atoms with van der Waals surface area (Å²) in [6, 6.07) is 2.73. The monoisotopic (exact) mass is 303 g/mol. The first-order chi connectivity index (χ1) is 9.32. The van der Waals surface area contributed by atoms with Gasteiger partial charge in [0.25, 0.3) is 5.69 Å². The number of carbonyl (C=O) groups excluding carboxylic acids is 1. The predicted molar refractivity (Wildman–Crippen MR) is 71.8 cm³/mol. The van der Waals surface area contributed by atoms with Gasteiger partial charge in [-0.2, -0.15) is 0 Å². The van der Waals surface area contributed by atoms with E-state index in [0.29, 0.717) is 0 Å². The topological polar surface area (TPSA) is 101 Å². The van der Waals surface area contributed by atoms with Crippen molar-refractivity contribution in [2.24, 2.45) is 0 Å². The Hall–Kier alpha value is -1.51. The minimum Gasteiger partial charge on any atom is -0.390 e. The molecule has 20 heavy (non-hydrogen) atoms. The van der Waals surface area contributed by atoms with Crippen molar-refractivity contribution in [3.05, 3.63) is 39.7 Å². The van der Waals surface area contributed by atoms with Crippen LogP contribution < -0.4 is 0 Å². The fraction of sp³-hybridized carbons (Fsp3) is 0.417. The molecule has 0 bridgehead atoms. The highest BCUT2D eigenvalue weighted by Gasteiger charge is 2.23. The van der Waals surface area contributed by atoms with Gasteiger partial charge in [-0.15, -0.1) is 0 Å². The number of benzene rings is 1. The Bertz CT molecular complexity index is 511. The van der Waals surface area contributed by atoms with Gasteiger partial charge in [0.05, 0.1) is 11.0 Å². The van der Waals surface area contributed by atoms with Crippen LogP contribution in [0.25, 0.3) is 0 Å². The fourth-order valence-corrected chi connectivity index (χ4v) is 2.21. The summed E-state index contributed by atoms with van der Waals surface area (Å²) in [6.45, 7) is 1.37. The van der Waals surface area contributed by atoms with Gasteiger partial charge >= 0.3 is 0 Å². The summed E-state index contributed by atoms with van der Waals surface area (Å²) in [5.74, 6) is -0.564. The van der Waals surface area contributed by atoms with Crippen LogP contribution in [0.3, 0.4) is 0 Å². The highest BCUT2D eigenvalue weighted by molar-refractivity contribution is 8.13. The lowest BCUT2D eigenvalue weighted by molar-refractivity contribution is -0.385. The normalized spacial score (nSPS) is 13.8. The summed E-state index contributed by atoms with van der Waals surface area (Å²) in [5, 5.41) is 30.0. The number of rotatable bonds is 6. The van der Waals surface area contributed by atoms with E-state index in [0.717, 1.165) is 30.0 Å². The molecule has 0 aliphatic rings. The van der Waals surface area contributed by atoms with Gasteiger partial charge < -0.3 is 10.2 Å². The lowest BCUT2D eigenvalue weighted by Gasteiger charge is -2.18. The third kappa shape index (κ3) is 4.55. The Labute approximate surface area is 118 Å². The van der Waals surface area contributed by atoms with Crippen LogP contribution in [0.5, 0.6) is 0 Å². The lowest BCUT2D eigenvalue weighted by atomic mass is 10.0. The lowest BCUT2D eigenvalue weighted by Crippen LogP contribution is -2.20. The van der Waals surface area contributed by atoms with Gasteiger partial charge in [-0.05, 0) is 12.5 Å². The molecule has 1 aromatic carbocycles. The van der Waals surface area contributed by atoms with E-state index in [1.165, 1.54) is 6.92 Å². The van der Waals surface area contributed by atoms with E-state index in [1.807, 2.05) is 0 Å². The number of non-ortho nitro benzene ring substituents is 1. The van der Waals surface area contributed by atoms with Crippen molar-refractivity contribution in [1.29, 1.82) is 0 Å². The first-order valence-corrected chi connectivity index (χ1v) is 6.74. The number of nitrogens with zero attached hydrogens (tertiary/aromatic N) is 1. The fourth-order valence-electron chi connectivity index (χ4n) is 1.56. The molecule has 0 fully saturated rings. The first-order valence-electron chi connectivity index (χ1n) is 5.76. The van der Waals surface area contributed by atoms with Crippen molar-refractivity contribution in [3.63, 3.8) is 0 Å². The number of hydrogen-bond acceptors (Lipinski definition) is 6. The molecule has 0 heterocycles. The summed E-state index contributed by atoms with van der Waals surface area (Å²) in [5.41, 5.74) is -0.703. The molecule has 0 aliphatic carbocycles. The van der Waals surface area contributed by atoms with E-state index in [4.69, 9.17) is 0 Å². The molecule has 2 unspecified atom stereocenters. The third-order valence-corrected chi connectivity index (χ3v) is 3.44. The molecular weight excluding hydrogens is 289 g/mol. The number of carbonyl (C=O) groups is 1. The van der Waals surface area contributed by atoms with Gasteiger partial charge in [0, 0.05) is 30.4 Å². The molecule has 1 rings (SSSR count). The van der Waals surface area contributed by atoms with Gasteiger partial charge in [-0.1, -0.05) is 11.8 Å². The average Bonchev–Trinajstić information content (AvgIpc) is 2.37. The van der Waals surface area contributed by atoms with Crippen LogP contribution in [0.1, 0.15) is 25.0 Å². The number of halogens is 1. The van der Waals surface area contributed by atoms with E-state index in [2.05, 4.69) is 0 Å². The number of hydrogen-bond donors (Lipinski definition) is 2. The Balaban J connectivity index is 2.79. The largest absolute Gasteiger partial charge is 0.390 e. The van der Waals surface area contributed by atoms with Crippen LogP contribution in [-0.2, 0) is 4.79 Å². The Morgan fingerprint density at radius 1 is 1.50 bits per heavy atom. The molecule has 0 amide bonds. The van der Waals surface area contributed by atoms with Crippen LogP contribution in [0.4, 0.5) is 10.1 Å². The number of nitro groups is 1. The number of aliphatic hydroxyl groups excluding tert-OH is 2. The molecule has 0 spiro atoms. The molecule has 8 heteroatoms. The number of aliphatic hydroxyl groups is 2. The van der Waals surface area contributed by atoms with E-state index in [1.54, 1.807) is 0 Å². The molecule has 110 valence electrons. The molecule has 0 saturated heterocycles. The molecular formula is C12H14FNO5S. The molecule has 2 N–H and O–H groups in total. The van der Waals surface area contributed by atoms with E-state index >= 15 is 0 Å². The van der Waals surface area contributed by atoms with Crippen LogP contribution in [0, 0.1) is 15.9 Å². The summed E-state index contributed by atoms with van der Waals surface area (Å²) in [7, 11) is 0. The van der Waals surface area contributed by atoms with Crippen LogP contribution >= 0.6 is 11.8 Å². The van der Waals surface area contributed by atoms with Gasteiger partial charge in [-0.3, -0.25) is 14.9 Å². The predicted octanol–water partition coefficient (Wildman–Crippen LogP) is 1.80. The summed E-state index contributed by atoms with van der Waals surface area (Å²) in [4.78, 5) is 20.6. The first kappa shape index (κ1) is 16.5. The molecule has 0 aliphatic heterocycles. The minimum atomic E-state index is -1.58. The van der Waals surface area contributed by atoms with Crippen molar-refractivity contribution in [2.45, 2.75) is 25.6 Å². The maximum atomic E-state index is 13.5. The summed E-state index contributed by atoms with van der Waals surface area (Å²) < 4.78 is 13.5. The van der Waals surface area contributed by atoms with Crippen LogP contribution in [-0.4, -0.2) is 32.1 Å². The molecule has 1 aromatic rings. The smallest absolute Gasteiger partial charge is 0.270 e. The average molecular weight is 303 g/mol. The molecule has 2 atom stereocenters. The van der Waals surface area contributed by atoms with Gasteiger partial charge in [0.2, 0.25) is 0 Å². The molecule has 0 saturated carbocycles. The van der Waals surface area contributed by atoms with Crippen LogP contribution in [0.2, 0.25) is 0 Å². The Morgan fingerprint density at radius 3 is 2.70 bits per heavy atom. The van der Waals surface area contributed by atoms with Gasteiger partial charge in [0.15, 0.2) is 5.12 Å². The Morgan fingerprint density at radius 2 is 2.15 bits per heavy atom. The van der Waals surface area contributed by atoms with Crippen molar-refractivity contribution >= 4 is 22.6 Å². The third-order valence-electron chi connectivity index (χ3n) is 2.59. The Kier molecular flexibility index (Phi) is 6.05. The minimum absolute atomic E-state index is 0.0630. The standard InChI is InChI=1S/C12H14FNO5S/c1-7(15)20-5-4-11(16)12(17)9-6-8(14(18)19)2-3-10(9)13/h2-3,6,11-12,16-17H,4-5H2,1H3. The van der Waals surface area contributed by atoms with Crippen molar-refractivity contribution < 1.29 is 24.3 Å². The number of thioether (sulfide) groups is 1. The molecule has 0 radical (unpaired) electrons. The quantitative estimate of drug-likeness (QED) is 0.614. The zero-order valence-electron chi connectivity index (χ0n) is 10.7. The maximum absolute atomic E-state index is 13.5. The van der Waals surface area contributed by atoms with Gasteiger partial charge in [0.1, 0.15) is 11.9 Å². The maximum Gasteiger partial charge on any atom is 0.270 e. The zero-order valence-corrected chi connectivity index (χ0v) is 11.5. The second-order valence-electron chi connectivity index (χ2n) is 4.10.